The molecule has 0 fully saturated rings. The van der Waals surface area contributed by atoms with Crippen LogP contribution in [0.25, 0.3) is 0 Å². The molecule has 0 unspecified atom stereocenters. The fourth-order valence-corrected chi connectivity index (χ4v) is 3.44. The first-order chi connectivity index (χ1) is 11.0. The average molecular weight is 374 g/mol. The highest BCUT2D eigenvalue weighted by Gasteiger charge is 2.16. The molecule has 0 spiro atoms. The summed E-state index contributed by atoms with van der Waals surface area (Å²) in [4.78, 5) is 0.172. The Kier molecular flexibility index (Phi) is 6.16. The number of anilines is 1. The zero-order valence-corrected chi connectivity index (χ0v) is 14.9. The predicted octanol–water partition coefficient (Wildman–Crippen LogP) is 4.32. The first-order valence-corrected chi connectivity index (χ1v) is 9.37. The molecule has 0 bridgehead atoms. The standard InChI is InChI=1S/C16H17Cl2NO3S/c1-22-13-6-9-15(18)16(11-13)19-23(20,21)14-7-4-12(5-8-14)3-2-10-17/h4-9,11,19H,2-3,10H2,1H3. The Morgan fingerprint density at radius 1 is 1.13 bits per heavy atom. The second-order valence-corrected chi connectivity index (χ2v) is 7.36. The summed E-state index contributed by atoms with van der Waals surface area (Å²) in [6, 6.07) is 11.5. The maximum atomic E-state index is 12.4. The van der Waals surface area contributed by atoms with Crippen LogP contribution in [-0.4, -0.2) is 21.4 Å². The lowest BCUT2D eigenvalue weighted by molar-refractivity contribution is 0.415. The Labute approximate surface area is 146 Å². The Morgan fingerprint density at radius 3 is 2.43 bits per heavy atom. The lowest BCUT2D eigenvalue weighted by atomic mass is 10.1. The molecule has 0 aliphatic heterocycles. The highest BCUT2D eigenvalue weighted by atomic mass is 35.5. The van der Waals surface area contributed by atoms with Crippen LogP contribution >= 0.6 is 23.2 Å². The van der Waals surface area contributed by atoms with Gasteiger partial charge in [0.1, 0.15) is 5.75 Å². The number of nitrogens with one attached hydrogen (secondary N) is 1. The molecule has 4 nitrogen and oxygen atoms in total. The number of benzene rings is 2. The highest BCUT2D eigenvalue weighted by Crippen LogP contribution is 2.28. The van der Waals surface area contributed by atoms with Gasteiger partial charge in [-0.3, -0.25) is 4.72 Å². The van der Waals surface area contributed by atoms with Gasteiger partial charge >= 0.3 is 0 Å². The number of sulfonamides is 1. The third-order valence-corrected chi connectivity index (χ3v) is 5.23. The van der Waals surface area contributed by atoms with E-state index in [9.17, 15) is 8.42 Å². The summed E-state index contributed by atoms with van der Waals surface area (Å²) in [6.07, 6.45) is 1.67. The zero-order chi connectivity index (χ0) is 16.9. The van der Waals surface area contributed by atoms with E-state index in [4.69, 9.17) is 27.9 Å². The normalized spacial score (nSPS) is 11.3. The molecular formula is C16H17Cl2NO3S. The number of rotatable bonds is 7. The number of hydrogen-bond donors (Lipinski definition) is 1. The molecule has 2 aromatic rings. The monoisotopic (exact) mass is 373 g/mol. The van der Waals surface area contributed by atoms with Crippen LogP contribution in [0.3, 0.4) is 0 Å². The molecule has 124 valence electrons. The third kappa shape index (κ3) is 4.77. The van der Waals surface area contributed by atoms with Crippen LogP contribution in [0.1, 0.15) is 12.0 Å². The smallest absolute Gasteiger partial charge is 0.261 e. The summed E-state index contributed by atoms with van der Waals surface area (Å²) in [7, 11) is -2.21. The van der Waals surface area contributed by atoms with Crippen LogP contribution in [-0.2, 0) is 16.4 Å². The second-order valence-electron chi connectivity index (χ2n) is 4.89. The molecule has 23 heavy (non-hydrogen) atoms. The minimum atomic E-state index is -3.71. The van der Waals surface area contributed by atoms with Crippen LogP contribution in [0.2, 0.25) is 5.02 Å². The van der Waals surface area contributed by atoms with E-state index in [1.54, 1.807) is 36.4 Å². The van der Waals surface area contributed by atoms with Crippen molar-refractivity contribution in [2.75, 3.05) is 17.7 Å². The van der Waals surface area contributed by atoms with E-state index < -0.39 is 10.0 Å². The number of aryl methyl sites for hydroxylation is 1. The summed E-state index contributed by atoms with van der Waals surface area (Å²) in [5.74, 6) is 1.10. The van der Waals surface area contributed by atoms with Crippen molar-refractivity contribution in [1.29, 1.82) is 0 Å². The van der Waals surface area contributed by atoms with Crippen LogP contribution in [0.15, 0.2) is 47.4 Å². The van der Waals surface area contributed by atoms with Crippen molar-refractivity contribution in [3.8, 4) is 5.75 Å². The van der Waals surface area contributed by atoms with Gasteiger partial charge in [0.25, 0.3) is 10.0 Å². The van der Waals surface area contributed by atoms with Crippen molar-refractivity contribution in [3.05, 3.63) is 53.1 Å². The summed E-state index contributed by atoms with van der Waals surface area (Å²) in [5.41, 5.74) is 1.32. The molecule has 0 aromatic heterocycles. The molecule has 7 heteroatoms. The maximum absolute atomic E-state index is 12.4. The minimum absolute atomic E-state index is 0.172. The quantitative estimate of drug-likeness (QED) is 0.735. The lowest BCUT2D eigenvalue weighted by Crippen LogP contribution is -2.13. The van der Waals surface area contributed by atoms with E-state index in [0.29, 0.717) is 16.7 Å². The van der Waals surface area contributed by atoms with Gasteiger partial charge in [-0.15, -0.1) is 11.6 Å². The summed E-state index contributed by atoms with van der Waals surface area (Å²) >= 11 is 11.7. The van der Waals surface area contributed by atoms with Gasteiger partial charge in [0.05, 0.1) is 22.7 Å². The van der Waals surface area contributed by atoms with Crippen molar-refractivity contribution < 1.29 is 13.2 Å². The van der Waals surface area contributed by atoms with Crippen molar-refractivity contribution >= 4 is 38.9 Å². The summed E-state index contributed by atoms with van der Waals surface area (Å²) in [5, 5.41) is 0.299. The highest BCUT2D eigenvalue weighted by molar-refractivity contribution is 7.92. The minimum Gasteiger partial charge on any atom is -0.497 e. The molecule has 1 N–H and O–H groups in total. The average Bonchev–Trinajstić information content (AvgIpc) is 2.55. The van der Waals surface area contributed by atoms with E-state index in [1.165, 1.54) is 13.2 Å². The van der Waals surface area contributed by atoms with E-state index >= 15 is 0 Å². The Morgan fingerprint density at radius 2 is 1.83 bits per heavy atom. The molecule has 0 amide bonds. The number of methoxy groups -OCH3 is 1. The van der Waals surface area contributed by atoms with Crippen LogP contribution in [0.5, 0.6) is 5.75 Å². The molecular weight excluding hydrogens is 357 g/mol. The fraction of sp³-hybridized carbons (Fsp3) is 0.250. The fourth-order valence-electron chi connectivity index (χ4n) is 2.02. The first kappa shape index (κ1) is 17.9. The van der Waals surface area contributed by atoms with Crippen LogP contribution < -0.4 is 9.46 Å². The molecule has 0 aliphatic rings. The van der Waals surface area contributed by atoms with Gasteiger partial charge in [0, 0.05) is 11.9 Å². The molecule has 0 heterocycles. The topological polar surface area (TPSA) is 55.4 Å². The molecule has 0 saturated carbocycles. The summed E-state index contributed by atoms with van der Waals surface area (Å²) < 4.78 is 32.5. The van der Waals surface area contributed by atoms with Crippen LogP contribution in [0, 0.1) is 0 Å². The van der Waals surface area contributed by atoms with Gasteiger partial charge in [-0.25, -0.2) is 8.42 Å². The number of halogens is 2. The SMILES string of the molecule is COc1ccc(Cl)c(NS(=O)(=O)c2ccc(CCCCl)cc2)c1. The Hall–Kier alpha value is -1.43. The molecule has 0 saturated heterocycles. The van der Waals surface area contributed by atoms with Gasteiger partial charge in [-0.05, 0) is 42.7 Å². The zero-order valence-electron chi connectivity index (χ0n) is 12.6. The van der Waals surface area contributed by atoms with Gasteiger partial charge < -0.3 is 4.74 Å². The number of hydrogen-bond acceptors (Lipinski definition) is 3. The maximum Gasteiger partial charge on any atom is 0.261 e. The largest absolute Gasteiger partial charge is 0.497 e. The molecule has 0 atom stereocenters. The molecule has 0 aliphatic carbocycles. The lowest BCUT2D eigenvalue weighted by Gasteiger charge is -2.11. The summed E-state index contributed by atoms with van der Waals surface area (Å²) in [6.45, 7) is 0. The molecule has 2 rings (SSSR count). The van der Waals surface area contributed by atoms with E-state index in [1.807, 2.05) is 0 Å². The Bertz CT molecular complexity index is 761. The van der Waals surface area contributed by atoms with Gasteiger partial charge in [-0.1, -0.05) is 23.7 Å². The number of alkyl halides is 1. The molecule has 0 radical (unpaired) electrons. The van der Waals surface area contributed by atoms with E-state index in [-0.39, 0.29) is 10.6 Å². The van der Waals surface area contributed by atoms with Gasteiger partial charge in [0.2, 0.25) is 0 Å². The third-order valence-electron chi connectivity index (χ3n) is 3.25. The predicted molar refractivity (Wildman–Crippen MR) is 94.3 cm³/mol. The Balaban J connectivity index is 2.21. The van der Waals surface area contributed by atoms with Crippen LogP contribution in [0.4, 0.5) is 5.69 Å². The van der Waals surface area contributed by atoms with Crippen molar-refractivity contribution in [1.82, 2.24) is 0 Å². The van der Waals surface area contributed by atoms with Gasteiger partial charge in [0.15, 0.2) is 0 Å². The van der Waals surface area contributed by atoms with E-state index in [0.717, 1.165) is 18.4 Å². The van der Waals surface area contributed by atoms with Crippen molar-refractivity contribution in [2.45, 2.75) is 17.7 Å². The van der Waals surface area contributed by atoms with Gasteiger partial charge in [-0.2, -0.15) is 0 Å². The number of ether oxygens (including phenoxy) is 1. The molecule has 2 aromatic carbocycles. The van der Waals surface area contributed by atoms with E-state index in [2.05, 4.69) is 4.72 Å². The van der Waals surface area contributed by atoms with Crippen molar-refractivity contribution in [3.63, 3.8) is 0 Å². The second kappa shape index (κ2) is 7.90. The van der Waals surface area contributed by atoms with Crippen molar-refractivity contribution in [2.24, 2.45) is 0 Å². The first-order valence-electron chi connectivity index (χ1n) is 6.97.